The summed E-state index contributed by atoms with van der Waals surface area (Å²) in [6, 6.07) is 0. The van der Waals surface area contributed by atoms with E-state index in [0.717, 1.165) is 0 Å². The van der Waals surface area contributed by atoms with Gasteiger partial charge in [-0.05, 0) is 13.8 Å². The topological polar surface area (TPSA) is 66.8 Å². The Morgan fingerprint density at radius 3 is 2.73 bits per heavy atom. The molecule has 2 aliphatic rings. The maximum atomic E-state index is 11.9. The first-order valence-electron chi connectivity index (χ1n) is 4.67. The van der Waals surface area contributed by atoms with Crippen molar-refractivity contribution in [3.8, 4) is 0 Å². The van der Waals surface area contributed by atoms with Gasteiger partial charge in [-0.3, -0.25) is 9.36 Å². The van der Waals surface area contributed by atoms with E-state index in [1.807, 2.05) is 13.8 Å². The molecule has 1 N–H and O–H groups in total. The Kier molecular flexibility index (Phi) is 2.47. The molecule has 2 aliphatic heterocycles. The zero-order chi connectivity index (χ0) is 11.4. The SMILES string of the molecule is COP(=O)(O)C1N2C(=O)C[C@H]2SC1(C)C. The lowest BCUT2D eigenvalue weighted by Gasteiger charge is -2.39. The first kappa shape index (κ1) is 11.5. The van der Waals surface area contributed by atoms with Crippen LogP contribution in [0.25, 0.3) is 0 Å². The van der Waals surface area contributed by atoms with E-state index in [1.165, 1.54) is 12.0 Å². The monoisotopic (exact) mass is 251 g/mol. The Bertz CT molecular complexity index is 359. The Labute approximate surface area is 92.7 Å². The lowest BCUT2D eigenvalue weighted by Crippen LogP contribution is -2.53. The van der Waals surface area contributed by atoms with E-state index in [1.54, 1.807) is 11.8 Å². The number of β-lactam (4-membered cyclic amide) rings is 1. The molecule has 0 aliphatic carbocycles. The fourth-order valence-corrected chi connectivity index (χ4v) is 5.97. The standard InChI is InChI=1S/C8H14NO4PS/c1-8(2)7(14(11,12)13-3)9-5(10)4-6(9)15-8/h6-7H,4H2,1-3H3,(H,11,12)/t6-,7?/m1/s1. The molecule has 0 bridgehead atoms. The minimum Gasteiger partial charge on any atom is -0.323 e. The molecular weight excluding hydrogens is 237 g/mol. The van der Waals surface area contributed by atoms with Gasteiger partial charge < -0.3 is 14.3 Å². The molecule has 2 saturated heterocycles. The van der Waals surface area contributed by atoms with Crippen molar-refractivity contribution in [3.05, 3.63) is 0 Å². The highest BCUT2D eigenvalue weighted by atomic mass is 32.2. The third kappa shape index (κ3) is 1.55. The van der Waals surface area contributed by atoms with Gasteiger partial charge in [0.1, 0.15) is 5.78 Å². The van der Waals surface area contributed by atoms with E-state index < -0.39 is 18.1 Å². The van der Waals surface area contributed by atoms with Crippen LogP contribution >= 0.6 is 19.4 Å². The molecule has 0 aromatic heterocycles. The van der Waals surface area contributed by atoms with E-state index in [4.69, 9.17) is 0 Å². The predicted molar refractivity (Wildman–Crippen MR) is 57.5 cm³/mol. The molecule has 86 valence electrons. The molecule has 15 heavy (non-hydrogen) atoms. The summed E-state index contributed by atoms with van der Waals surface area (Å²) in [6.45, 7) is 3.74. The van der Waals surface area contributed by atoms with Crippen molar-refractivity contribution in [3.63, 3.8) is 0 Å². The van der Waals surface area contributed by atoms with Gasteiger partial charge in [-0.1, -0.05) is 0 Å². The van der Waals surface area contributed by atoms with Gasteiger partial charge in [0, 0.05) is 11.9 Å². The third-order valence-electron chi connectivity index (χ3n) is 2.84. The Hall–Kier alpha value is -0.0300. The number of rotatable bonds is 2. The number of hydrogen-bond donors (Lipinski definition) is 1. The molecule has 0 saturated carbocycles. The molecule has 2 unspecified atom stereocenters. The van der Waals surface area contributed by atoms with Crippen molar-refractivity contribution in [2.75, 3.05) is 7.11 Å². The molecule has 3 atom stereocenters. The quantitative estimate of drug-likeness (QED) is 0.590. The van der Waals surface area contributed by atoms with Gasteiger partial charge in [0.25, 0.3) is 0 Å². The van der Waals surface area contributed by atoms with Gasteiger partial charge in [0.05, 0.1) is 11.8 Å². The van der Waals surface area contributed by atoms with Crippen molar-refractivity contribution in [2.45, 2.75) is 36.2 Å². The summed E-state index contributed by atoms with van der Waals surface area (Å²) in [6.07, 6.45) is 0.467. The molecule has 2 heterocycles. The van der Waals surface area contributed by atoms with Gasteiger partial charge in [0.15, 0.2) is 0 Å². The van der Waals surface area contributed by atoms with Gasteiger partial charge in [-0.2, -0.15) is 0 Å². The second-order valence-corrected chi connectivity index (χ2v) is 8.12. The van der Waals surface area contributed by atoms with Crippen LogP contribution in [-0.2, 0) is 13.9 Å². The molecule has 0 aromatic carbocycles. The van der Waals surface area contributed by atoms with Crippen LogP contribution in [0.5, 0.6) is 0 Å². The fourth-order valence-electron chi connectivity index (χ4n) is 2.19. The van der Waals surface area contributed by atoms with Gasteiger partial charge in [-0.25, -0.2) is 0 Å². The summed E-state index contributed by atoms with van der Waals surface area (Å²) < 4.78 is 16.1. The van der Waals surface area contributed by atoms with Crippen molar-refractivity contribution in [1.82, 2.24) is 4.90 Å². The molecule has 0 spiro atoms. The highest BCUT2D eigenvalue weighted by Gasteiger charge is 2.62. The summed E-state index contributed by atoms with van der Waals surface area (Å²) in [4.78, 5) is 22.6. The first-order chi connectivity index (χ1) is 6.79. The number of thioether (sulfide) groups is 1. The maximum absolute atomic E-state index is 11.9. The van der Waals surface area contributed by atoms with Gasteiger partial charge >= 0.3 is 7.60 Å². The molecule has 0 radical (unpaired) electrons. The molecule has 2 fully saturated rings. The largest absolute Gasteiger partial charge is 0.351 e. The van der Waals surface area contributed by atoms with Crippen LogP contribution in [0.2, 0.25) is 0 Å². The number of carbonyl (C=O) groups excluding carboxylic acids is 1. The van der Waals surface area contributed by atoms with Crippen LogP contribution in [0, 0.1) is 0 Å². The molecule has 7 heteroatoms. The Morgan fingerprint density at radius 1 is 1.67 bits per heavy atom. The van der Waals surface area contributed by atoms with Crippen molar-refractivity contribution < 1.29 is 18.8 Å². The Morgan fingerprint density at radius 2 is 2.27 bits per heavy atom. The fraction of sp³-hybridized carbons (Fsp3) is 0.875. The van der Waals surface area contributed by atoms with Crippen LogP contribution in [0.3, 0.4) is 0 Å². The van der Waals surface area contributed by atoms with E-state index in [2.05, 4.69) is 4.52 Å². The van der Waals surface area contributed by atoms with E-state index in [0.29, 0.717) is 6.42 Å². The number of nitrogens with zero attached hydrogens (tertiary/aromatic N) is 1. The zero-order valence-corrected chi connectivity index (χ0v) is 10.5. The normalized spacial score (nSPS) is 37.1. The number of fused-ring (bicyclic) bond motifs is 1. The number of hydrogen-bond acceptors (Lipinski definition) is 4. The second kappa shape index (κ2) is 3.23. The van der Waals surface area contributed by atoms with E-state index in [9.17, 15) is 14.3 Å². The maximum Gasteiger partial charge on any atom is 0.351 e. The van der Waals surface area contributed by atoms with Crippen LogP contribution in [0.15, 0.2) is 0 Å². The highest BCUT2D eigenvalue weighted by Crippen LogP contribution is 2.64. The van der Waals surface area contributed by atoms with Gasteiger partial charge in [-0.15, -0.1) is 11.8 Å². The van der Waals surface area contributed by atoms with Crippen LogP contribution in [-0.4, -0.2) is 38.7 Å². The predicted octanol–water partition coefficient (Wildman–Crippen LogP) is 1.23. The van der Waals surface area contributed by atoms with Crippen molar-refractivity contribution in [1.29, 1.82) is 0 Å². The zero-order valence-electron chi connectivity index (χ0n) is 8.84. The highest BCUT2D eigenvalue weighted by molar-refractivity contribution is 8.02. The molecule has 5 nitrogen and oxygen atoms in total. The summed E-state index contributed by atoms with van der Waals surface area (Å²) >= 11 is 1.56. The summed E-state index contributed by atoms with van der Waals surface area (Å²) in [7, 11) is -2.53. The summed E-state index contributed by atoms with van der Waals surface area (Å²) in [5.41, 5.74) is 0. The Balaban J connectivity index is 2.35. The third-order valence-corrected chi connectivity index (χ3v) is 6.55. The van der Waals surface area contributed by atoms with Crippen LogP contribution < -0.4 is 0 Å². The molecule has 0 aromatic rings. The first-order valence-corrected chi connectivity index (χ1v) is 7.19. The lowest BCUT2D eigenvalue weighted by molar-refractivity contribution is -0.142. The molecule has 2 rings (SSSR count). The average Bonchev–Trinajstić information content (AvgIpc) is 2.33. The summed E-state index contributed by atoms with van der Waals surface area (Å²) in [5, 5.41) is 0.0492. The van der Waals surface area contributed by atoms with Crippen molar-refractivity contribution in [2.24, 2.45) is 0 Å². The smallest absolute Gasteiger partial charge is 0.323 e. The average molecular weight is 251 g/mol. The van der Waals surface area contributed by atoms with Crippen LogP contribution in [0.4, 0.5) is 0 Å². The molecular formula is C8H14NO4PS. The van der Waals surface area contributed by atoms with Crippen molar-refractivity contribution >= 4 is 25.3 Å². The number of carbonyl (C=O) groups is 1. The summed E-state index contributed by atoms with van der Waals surface area (Å²) in [5.74, 6) is -0.777. The molecule has 1 amide bonds. The minimum absolute atomic E-state index is 0.0492. The minimum atomic E-state index is -3.74. The van der Waals surface area contributed by atoms with E-state index in [-0.39, 0.29) is 11.3 Å². The van der Waals surface area contributed by atoms with E-state index >= 15 is 0 Å². The second-order valence-electron chi connectivity index (χ2n) is 4.30. The van der Waals surface area contributed by atoms with Gasteiger partial charge in [0.2, 0.25) is 5.91 Å². The number of amides is 1. The van der Waals surface area contributed by atoms with Crippen LogP contribution in [0.1, 0.15) is 20.3 Å². The lowest BCUT2D eigenvalue weighted by atomic mass is 10.1.